The smallest absolute Gasteiger partial charge is 0.142 e. The summed E-state index contributed by atoms with van der Waals surface area (Å²) in [7, 11) is 0. The van der Waals surface area contributed by atoms with Gasteiger partial charge in [-0.25, -0.2) is 4.39 Å². The van der Waals surface area contributed by atoms with Crippen molar-refractivity contribution in [3.63, 3.8) is 0 Å². The van der Waals surface area contributed by atoms with Crippen LogP contribution in [0.3, 0.4) is 0 Å². The summed E-state index contributed by atoms with van der Waals surface area (Å²) in [6.07, 6.45) is 6.16. The number of halogens is 2. The number of nitrogens with one attached hydrogen (secondary N) is 1. The molecule has 1 aromatic rings. The lowest BCUT2D eigenvalue weighted by Crippen LogP contribution is -2.34. The first-order valence-electron chi connectivity index (χ1n) is 7.73. The molecule has 1 aliphatic carbocycles. The second-order valence-electron chi connectivity index (χ2n) is 6.32. The third-order valence-corrected chi connectivity index (χ3v) is 4.64. The molecule has 20 heavy (non-hydrogen) atoms. The van der Waals surface area contributed by atoms with Gasteiger partial charge in [-0.05, 0) is 55.3 Å². The van der Waals surface area contributed by atoms with Gasteiger partial charge in [-0.1, -0.05) is 44.4 Å². The van der Waals surface area contributed by atoms with Gasteiger partial charge in [0.1, 0.15) is 5.82 Å². The zero-order valence-electron chi connectivity index (χ0n) is 12.5. The average Bonchev–Trinajstić information content (AvgIpc) is 2.42. The second kappa shape index (κ2) is 7.42. The Labute approximate surface area is 126 Å². The Kier molecular flexibility index (Phi) is 5.86. The van der Waals surface area contributed by atoms with Crippen molar-refractivity contribution in [3.8, 4) is 0 Å². The van der Waals surface area contributed by atoms with E-state index in [9.17, 15) is 4.39 Å². The van der Waals surface area contributed by atoms with Crippen LogP contribution in [0.5, 0.6) is 0 Å². The van der Waals surface area contributed by atoms with Crippen molar-refractivity contribution in [2.45, 2.75) is 52.0 Å². The molecule has 0 aliphatic heterocycles. The number of benzene rings is 1. The Balaban J connectivity index is 1.98. The molecule has 0 spiro atoms. The molecule has 1 fully saturated rings. The van der Waals surface area contributed by atoms with Crippen LogP contribution in [0.1, 0.15) is 45.1 Å². The van der Waals surface area contributed by atoms with Crippen LogP contribution in [0.25, 0.3) is 0 Å². The predicted octanol–water partition coefficient (Wildman–Crippen LogP) is 4.83. The predicted molar refractivity (Wildman–Crippen MR) is 83.7 cm³/mol. The molecule has 1 aliphatic rings. The maximum atomic E-state index is 13.5. The van der Waals surface area contributed by atoms with E-state index >= 15 is 0 Å². The van der Waals surface area contributed by atoms with Crippen molar-refractivity contribution < 1.29 is 4.39 Å². The molecule has 2 atom stereocenters. The van der Waals surface area contributed by atoms with Crippen LogP contribution in [0.15, 0.2) is 18.2 Å². The summed E-state index contributed by atoms with van der Waals surface area (Å²) in [4.78, 5) is 0. The molecule has 2 unspecified atom stereocenters. The van der Waals surface area contributed by atoms with Gasteiger partial charge in [0.25, 0.3) is 0 Å². The first-order valence-corrected chi connectivity index (χ1v) is 8.11. The first kappa shape index (κ1) is 15.8. The summed E-state index contributed by atoms with van der Waals surface area (Å²) < 4.78 is 13.5. The standard InChI is InChI=1S/C17H25ClFN/c1-12(2)20-11-15-6-4-3-5-14(15)9-13-7-8-16(18)17(19)10-13/h7-8,10,12,14-15,20H,3-6,9,11H2,1-2H3. The minimum atomic E-state index is -0.295. The summed E-state index contributed by atoms with van der Waals surface area (Å²) in [5, 5.41) is 3.77. The Morgan fingerprint density at radius 1 is 1.25 bits per heavy atom. The molecular formula is C17H25ClFN. The van der Waals surface area contributed by atoms with Gasteiger partial charge in [-0.3, -0.25) is 0 Å². The SMILES string of the molecule is CC(C)NCC1CCCCC1Cc1ccc(Cl)c(F)c1. The molecule has 1 nitrogen and oxygen atoms in total. The van der Waals surface area contributed by atoms with Gasteiger partial charge in [0.15, 0.2) is 0 Å². The van der Waals surface area contributed by atoms with Crippen LogP contribution in [0, 0.1) is 17.7 Å². The topological polar surface area (TPSA) is 12.0 Å². The Morgan fingerprint density at radius 3 is 2.60 bits per heavy atom. The van der Waals surface area contributed by atoms with E-state index < -0.39 is 0 Å². The van der Waals surface area contributed by atoms with E-state index in [1.54, 1.807) is 12.1 Å². The Bertz CT molecular complexity index is 433. The van der Waals surface area contributed by atoms with E-state index in [4.69, 9.17) is 11.6 Å². The van der Waals surface area contributed by atoms with Gasteiger partial charge in [0, 0.05) is 6.04 Å². The third kappa shape index (κ3) is 4.46. The highest BCUT2D eigenvalue weighted by atomic mass is 35.5. The fraction of sp³-hybridized carbons (Fsp3) is 0.647. The second-order valence-corrected chi connectivity index (χ2v) is 6.73. The summed E-state index contributed by atoms with van der Waals surface area (Å²) in [5.41, 5.74) is 1.08. The van der Waals surface area contributed by atoms with Gasteiger partial charge in [0.2, 0.25) is 0 Å². The van der Waals surface area contributed by atoms with E-state index in [0.717, 1.165) is 18.5 Å². The van der Waals surface area contributed by atoms with Crippen LogP contribution in [0.4, 0.5) is 4.39 Å². The highest BCUT2D eigenvalue weighted by molar-refractivity contribution is 6.30. The van der Waals surface area contributed by atoms with E-state index in [1.165, 1.54) is 25.7 Å². The Morgan fingerprint density at radius 2 is 1.95 bits per heavy atom. The molecular weight excluding hydrogens is 273 g/mol. The first-order chi connectivity index (χ1) is 9.56. The molecule has 1 aromatic carbocycles. The number of rotatable bonds is 5. The van der Waals surface area contributed by atoms with Gasteiger partial charge in [-0.15, -0.1) is 0 Å². The average molecular weight is 298 g/mol. The van der Waals surface area contributed by atoms with Crippen LogP contribution in [-0.4, -0.2) is 12.6 Å². The maximum absolute atomic E-state index is 13.5. The quantitative estimate of drug-likeness (QED) is 0.821. The number of hydrogen-bond acceptors (Lipinski definition) is 1. The van der Waals surface area contributed by atoms with Gasteiger partial charge in [0.05, 0.1) is 5.02 Å². The van der Waals surface area contributed by atoms with Crippen LogP contribution in [0.2, 0.25) is 5.02 Å². The minimum Gasteiger partial charge on any atom is -0.314 e. The van der Waals surface area contributed by atoms with Crippen LogP contribution in [-0.2, 0) is 6.42 Å². The van der Waals surface area contributed by atoms with E-state index in [2.05, 4.69) is 19.2 Å². The molecule has 2 rings (SSSR count). The fourth-order valence-corrected chi connectivity index (χ4v) is 3.30. The summed E-state index contributed by atoms with van der Waals surface area (Å²) in [6.45, 7) is 5.46. The van der Waals surface area contributed by atoms with Crippen molar-refractivity contribution in [2.75, 3.05) is 6.54 Å². The monoisotopic (exact) mass is 297 g/mol. The lowest BCUT2D eigenvalue weighted by Gasteiger charge is -2.32. The van der Waals surface area contributed by atoms with Gasteiger partial charge < -0.3 is 5.32 Å². The summed E-state index contributed by atoms with van der Waals surface area (Å²) in [6, 6.07) is 5.78. The lowest BCUT2D eigenvalue weighted by molar-refractivity contribution is 0.224. The fourth-order valence-electron chi connectivity index (χ4n) is 3.18. The molecule has 3 heteroatoms. The van der Waals surface area contributed by atoms with Crippen molar-refractivity contribution in [1.82, 2.24) is 5.32 Å². The van der Waals surface area contributed by atoms with E-state index in [1.807, 2.05) is 6.07 Å². The highest BCUT2D eigenvalue weighted by Crippen LogP contribution is 2.32. The Hall–Kier alpha value is -0.600. The maximum Gasteiger partial charge on any atom is 0.142 e. The molecule has 0 saturated heterocycles. The van der Waals surface area contributed by atoms with Gasteiger partial charge in [-0.2, -0.15) is 0 Å². The van der Waals surface area contributed by atoms with Gasteiger partial charge >= 0.3 is 0 Å². The lowest BCUT2D eigenvalue weighted by atomic mass is 9.76. The highest BCUT2D eigenvalue weighted by Gasteiger charge is 2.25. The van der Waals surface area contributed by atoms with E-state index in [0.29, 0.717) is 17.9 Å². The van der Waals surface area contributed by atoms with Crippen molar-refractivity contribution in [1.29, 1.82) is 0 Å². The van der Waals surface area contributed by atoms with Crippen molar-refractivity contribution in [3.05, 3.63) is 34.6 Å². The minimum absolute atomic E-state index is 0.218. The van der Waals surface area contributed by atoms with Crippen LogP contribution >= 0.6 is 11.6 Å². The zero-order chi connectivity index (χ0) is 14.5. The summed E-state index contributed by atoms with van der Waals surface area (Å²) >= 11 is 5.75. The van der Waals surface area contributed by atoms with Crippen molar-refractivity contribution >= 4 is 11.6 Å². The molecule has 1 N–H and O–H groups in total. The van der Waals surface area contributed by atoms with Crippen molar-refractivity contribution in [2.24, 2.45) is 11.8 Å². The molecule has 0 heterocycles. The zero-order valence-corrected chi connectivity index (χ0v) is 13.2. The third-order valence-electron chi connectivity index (χ3n) is 4.34. The molecule has 1 saturated carbocycles. The number of hydrogen-bond donors (Lipinski definition) is 1. The molecule has 0 aromatic heterocycles. The normalized spacial score (nSPS) is 23.2. The van der Waals surface area contributed by atoms with E-state index in [-0.39, 0.29) is 10.8 Å². The molecule has 0 radical (unpaired) electrons. The largest absolute Gasteiger partial charge is 0.314 e. The molecule has 0 amide bonds. The summed E-state index contributed by atoms with van der Waals surface area (Å²) in [5.74, 6) is 1.08. The van der Waals surface area contributed by atoms with Crippen LogP contribution < -0.4 is 5.32 Å². The molecule has 112 valence electrons. The molecule has 0 bridgehead atoms.